The first-order chi connectivity index (χ1) is 7.85. The Kier molecular flexibility index (Phi) is 4.58. The summed E-state index contributed by atoms with van der Waals surface area (Å²) >= 11 is 0. The molecule has 0 spiro atoms. The Labute approximate surface area is 106 Å². The fourth-order valence-electron chi connectivity index (χ4n) is 1.96. The zero-order valence-corrected chi connectivity index (χ0v) is 11.9. The van der Waals surface area contributed by atoms with Crippen LogP contribution in [0.1, 0.15) is 37.0 Å². The van der Waals surface area contributed by atoms with Crippen molar-refractivity contribution in [1.29, 1.82) is 0 Å². The van der Waals surface area contributed by atoms with Gasteiger partial charge < -0.3 is 11.1 Å². The minimum Gasteiger partial charge on any atom is -0.384 e. The van der Waals surface area contributed by atoms with Gasteiger partial charge in [-0.3, -0.25) is 0 Å². The highest BCUT2D eigenvalue weighted by molar-refractivity contribution is 5.54. The van der Waals surface area contributed by atoms with Crippen LogP contribution in [-0.2, 0) is 0 Å². The predicted octanol–water partition coefficient (Wildman–Crippen LogP) is 3.40. The van der Waals surface area contributed by atoms with Crippen LogP contribution in [0.5, 0.6) is 0 Å². The van der Waals surface area contributed by atoms with E-state index in [1.165, 1.54) is 22.4 Å². The number of hydrogen-bond acceptors (Lipinski definition) is 2. The van der Waals surface area contributed by atoms with Crippen LogP contribution in [0.2, 0.25) is 0 Å². The number of hydrogen-bond donors (Lipinski definition) is 2. The second kappa shape index (κ2) is 5.54. The Hall–Kier alpha value is -1.02. The van der Waals surface area contributed by atoms with Crippen LogP contribution in [0.3, 0.4) is 0 Å². The molecule has 0 aliphatic heterocycles. The van der Waals surface area contributed by atoms with Gasteiger partial charge in [0, 0.05) is 12.2 Å². The first-order valence-corrected chi connectivity index (χ1v) is 6.37. The minimum absolute atomic E-state index is 0.250. The van der Waals surface area contributed by atoms with E-state index in [1.54, 1.807) is 0 Å². The van der Waals surface area contributed by atoms with Gasteiger partial charge >= 0.3 is 0 Å². The molecule has 0 aliphatic carbocycles. The number of nitrogens with two attached hydrogens (primary N) is 1. The van der Waals surface area contributed by atoms with Crippen LogP contribution >= 0.6 is 0 Å². The molecule has 0 bridgehead atoms. The van der Waals surface area contributed by atoms with Gasteiger partial charge in [-0.2, -0.15) is 0 Å². The third-order valence-electron chi connectivity index (χ3n) is 3.42. The van der Waals surface area contributed by atoms with Gasteiger partial charge in [-0.25, -0.2) is 0 Å². The van der Waals surface area contributed by atoms with E-state index in [2.05, 4.69) is 52.1 Å². The Morgan fingerprint density at radius 2 is 1.65 bits per heavy atom. The molecule has 0 aromatic heterocycles. The zero-order valence-electron chi connectivity index (χ0n) is 11.9. The molecule has 2 heteroatoms. The number of nitrogens with one attached hydrogen (secondary N) is 1. The SMILES string of the molecule is Cc1cc(C)c(NCC(C)(C)CCN)cc1C. The van der Waals surface area contributed by atoms with Crippen LogP contribution in [0, 0.1) is 26.2 Å². The molecule has 1 aromatic carbocycles. The smallest absolute Gasteiger partial charge is 0.0372 e. The van der Waals surface area contributed by atoms with Crippen molar-refractivity contribution in [3.63, 3.8) is 0 Å². The molecule has 2 nitrogen and oxygen atoms in total. The lowest BCUT2D eigenvalue weighted by atomic mass is 9.89. The molecular weight excluding hydrogens is 208 g/mol. The molecule has 0 saturated heterocycles. The number of rotatable bonds is 5. The summed E-state index contributed by atoms with van der Waals surface area (Å²) in [6.07, 6.45) is 1.05. The van der Waals surface area contributed by atoms with Gasteiger partial charge in [0.1, 0.15) is 0 Å². The topological polar surface area (TPSA) is 38.0 Å². The van der Waals surface area contributed by atoms with Crippen LogP contribution in [0.4, 0.5) is 5.69 Å². The van der Waals surface area contributed by atoms with E-state index in [-0.39, 0.29) is 5.41 Å². The van der Waals surface area contributed by atoms with Crippen molar-refractivity contribution in [3.8, 4) is 0 Å². The molecule has 0 amide bonds. The molecule has 0 aliphatic rings. The maximum Gasteiger partial charge on any atom is 0.0372 e. The summed E-state index contributed by atoms with van der Waals surface area (Å²) in [5, 5.41) is 3.55. The predicted molar refractivity (Wildman–Crippen MR) is 76.6 cm³/mol. The normalized spacial score (nSPS) is 11.6. The van der Waals surface area contributed by atoms with Crippen molar-refractivity contribution in [1.82, 2.24) is 0 Å². The molecule has 3 N–H and O–H groups in total. The highest BCUT2D eigenvalue weighted by Crippen LogP contribution is 2.24. The van der Waals surface area contributed by atoms with Crippen molar-refractivity contribution < 1.29 is 0 Å². The summed E-state index contributed by atoms with van der Waals surface area (Å²) in [6, 6.07) is 4.48. The van der Waals surface area contributed by atoms with E-state index in [0.29, 0.717) is 0 Å². The van der Waals surface area contributed by atoms with Gasteiger partial charge in [0.05, 0.1) is 0 Å². The van der Waals surface area contributed by atoms with E-state index in [1.807, 2.05) is 0 Å². The summed E-state index contributed by atoms with van der Waals surface area (Å²) in [5.41, 5.74) is 11.1. The van der Waals surface area contributed by atoms with Gasteiger partial charge in [-0.05, 0) is 61.9 Å². The molecule has 0 fully saturated rings. The summed E-state index contributed by atoms with van der Waals surface area (Å²) in [5.74, 6) is 0. The fraction of sp³-hybridized carbons (Fsp3) is 0.600. The Morgan fingerprint density at radius 1 is 1.06 bits per heavy atom. The Morgan fingerprint density at radius 3 is 2.24 bits per heavy atom. The van der Waals surface area contributed by atoms with Gasteiger partial charge in [-0.15, -0.1) is 0 Å². The Balaban J connectivity index is 2.73. The van der Waals surface area contributed by atoms with Crippen molar-refractivity contribution in [3.05, 3.63) is 28.8 Å². The van der Waals surface area contributed by atoms with Crippen molar-refractivity contribution in [2.45, 2.75) is 41.0 Å². The second-order valence-corrected chi connectivity index (χ2v) is 5.81. The molecule has 1 aromatic rings. The largest absolute Gasteiger partial charge is 0.384 e. The second-order valence-electron chi connectivity index (χ2n) is 5.81. The monoisotopic (exact) mass is 234 g/mol. The third kappa shape index (κ3) is 4.04. The van der Waals surface area contributed by atoms with Gasteiger partial charge in [0.15, 0.2) is 0 Å². The van der Waals surface area contributed by atoms with Crippen LogP contribution in [0.15, 0.2) is 12.1 Å². The lowest BCUT2D eigenvalue weighted by molar-refractivity contribution is 0.365. The van der Waals surface area contributed by atoms with E-state index < -0.39 is 0 Å². The van der Waals surface area contributed by atoms with E-state index in [9.17, 15) is 0 Å². The summed E-state index contributed by atoms with van der Waals surface area (Å²) in [6.45, 7) is 12.7. The average Bonchev–Trinajstić information content (AvgIpc) is 2.21. The van der Waals surface area contributed by atoms with Crippen molar-refractivity contribution >= 4 is 5.69 Å². The molecule has 0 radical (unpaired) electrons. The third-order valence-corrected chi connectivity index (χ3v) is 3.42. The first kappa shape index (κ1) is 14.0. The lowest BCUT2D eigenvalue weighted by Crippen LogP contribution is -2.26. The summed E-state index contributed by atoms with van der Waals surface area (Å²) < 4.78 is 0. The standard InChI is InChI=1S/C15H26N2/c1-11-8-13(3)14(9-12(11)2)17-10-15(4,5)6-7-16/h8-9,17H,6-7,10,16H2,1-5H3. The molecule has 17 heavy (non-hydrogen) atoms. The van der Waals surface area contributed by atoms with E-state index >= 15 is 0 Å². The van der Waals surface area contributed by atoms with Crippen molar-refractivity contribution in [2.24, 2.45) is 11.1 Å². The molecule has 0 saturated carbocycles. The van der Waals surface area contributed by atoms with Crippen LogP contribution in [-0.4, -0.2) is 13.1 Å². The van der Waals surface area contributed by atoms with Gasteiger partial charge in [-0.1, -0.05) is 19.9 Å². The van der Waals surface area contributed by atoms with Crippen LogP contribution < -0.4 is 11.1 Å². The maximum absolute atomic E-state index is 5.63. The van der Waals surface area contributed by atoms with Crippen LogP contribution in [0.25, 0.3) is 0 Å². The maximum atomic E-state index is 5.63. The highest BCUT2D eigenvalue weighted by atomic mass is 14.9. The number of anilines is 1. The van der Waals surface area contributed by atoms with Gasteiger partial charge in [0.2, 0.25) is 0 Å². The zero-order chi connectivity index (χ0) is 13.1. The summed E-state index contributed by atoms with van der Waals surface area (Å²) in [7, 11) is 0. The quantitative estimate of drug-likeness (QED) is 0.819. The number of benzene rings is 1. The molecule has 0 heterocycles. The minimum atomic E-state index is 0.250. The molecule has 1 rings (SSSR count). The summed E-state index contributed by atoms with van der Waals surface area (Å²) in [4.78, 5) is 0. The van der Waals surface area contributed by atoms with Gasteiger partial charge in [0.25, 0.3) is 0 Å². The first-order valence-electron chi connectivity index (χ1n) is 6.37. The van der Waals surface area contributed by atoms with E-state index in [0.717, 1.165) is 19.5 Å². The van der Waals surface area contributed by atoms with E-state index in [4.69, 9.17) is 5.73 Å². The molecule has 96 valence electrons. The molecular formula is C15H26N2. The Bertz CT molecular complexity index is 381. The molecule has 0 atom stereocenters. The average molecular weight is 234 g/mol. The van der Waals surface area contributed by atoms with Crippen molar-refractivity contribution in [2.75, 3.05) is 18.4 Å². The molecule has 0 unspecified atom stereocenters. The fourth-order valence-corrected chi connectivity index (χ4v) is 1.96. The number of aryl methyl sites for hydroxylation is 3. The lowest BCUT2D eigenvalue weighted by Gasteiger charge is -2.25. The highest BCUT2D eigenvalue weighted by Gasteiger charge is 2.16.